The van der Waals surface area contributed by atoms with Crippen LogP contribution in [-0.4, -0.2) is 28.3 Å². The zero-order valence-corrected chi connectivity index (χ0v) is 17.4. The Morgan fingerprint density at radius 2 is 2.07 bits per heavy atom. The Hall–Kier alpha value is -2.45. The molecule has 3 aromatic rings. The maximum absolute atomic E-state index is 12.2. The minimum atomic E-state index is -0.780. The van der Waals surface area contributed by atoms with Crippen molar-refractivity contribution in [2.45, 2.75) is 13.0 Å². The first-order valence-corrected chi connectivity index (χ1v) is 9.55. The van der Waals surface area contributed by atoms with Gasteiger partial charge in [-0.1, -0.05) is 34.1 Å². The molecule has 0 spiro atoms. The summed E-state index contributed by atoms with van der Waals surface area (Å²) < 4.78 is 7.02. The third-order valence-electron chi connectivity index (χ3n) is 3.70. The van der Waals surface area contributed by atoms with Crippen molar-refractivity contribution in [2.24, 2.45) is 5.10 Å². The van der Waals surface area contributed by atoms with E-state index in [0.717, 1.165) is 9.86 Å². The number of hydrazone groups is 1. The number of para-hydroxylation sites is 1. The van der Waals surface area contributed by atoms with Gasteiger partial charge >= 0.3 is 0 Å². The average molecular weight is 493 g/mol. The van der Waals surface area contributed by atoms with E-state index < -0.39 is 12.0 Å². The number of aromatic hydroxyl groups is 1. The minimum absolute atomic E-state index is 0.0299. The maximum atomic E-state index is 12.2. The van der Waals surface area contributed by atoms with E-state index in [9.17, 15) is 9.90 Å². The fourth-order valence-corrected chi connectivity index (χ4v) is 3.61. The van der Waals surface area contributed by atoms with E-state index in [1.54, 1.807) is 31.3 Å². The Bertz CT molecular complexity index is 1020. The number of amides is 1. The van der Waals surface area contributed by atoms with Crippen LogP contribution >= 0.6 is 31.9 Å². The van der Waals surface area contributed by atoms with Gasteiger partial charge in [0.25, 0.3) is 5.91 Å². The van der Waals surface area contributed by atoms with Crippen LogP contribution in [0.1, 0.15) is 12.5 Å². The van der Waals surface area contributed by atoms with Crippen LogP contribution in [0.2, 0.25) is 0 Å². The second-order valence-electron chi connectivity index (χ2n) is 5.65. The summed E-state index contributed by atoms with van der Waals surface area (Å²) >= 11 is 6.57. The van der Waals surface area contributed by atoms with Gasteiger partial charge in [0.15, 0.2) is 6.10 Å². The number of rotatable bonds is 5. The van der Waals surface area contributed by atoms with Gasteiger partial charge in [0.2, 0.25) is 0 Å². The highest BCUT2D eigenvalue weighted by atomic mass is 79.9. The first-order chi connectivity index (χ1) is 13.0. The molecule has 0 saturated heterocycles. The van der Waals surface area contributed by atoms with E-state index in [2.05, 4.69) is 47.4 Å². The van der Waals surface area contributed by atoms with Gasteiger partial charge in [-0.05, 0) is 47.1 Å². The molecule has 2 aromatic carbocycles. The van der Waals surface area contributed by atoms with Gasteiger partial charge in [-0.3, -0.25) is 9.78 Å². The molecule has 0 unspecified atom stereocenters. The molecule has 3 rings (SSSR count). The number of hydrogen-bond acceptors (Lipinski definition) is 5. The molecule has 0 aliphatic heterocycles. The lowest BCUT2D eigenvalue weighted by atomic mass is 10.2. The van der Waals surface area contributed by atoms with Crippen LogP contribution in [-0.2, 0) is 4.79 Å². The molecule has 0 fully saturated rings. The predicted molar refractivity (Wildman–Crippen MR) is 111 cm³/mol. The third-order valence-corrected chi connectivity index (χ3v) is 4.77. The predicted octanol–water partition coefficient (Wildman–Crippen LogP) is 4.38. The highest BCUT2D eigenvalue weighted by Gasteiger charge is 2.16. The summed E-state index contributed by atoms with van der Waals surface area (Å²) in [5.74, 6) is 0.128. The first-order valence-electron chi connectivity index (χ1n) is 7.97. The van der Waals surface area contributed by atoms with E-state index in [4.69, 9.17) is 4.74 Å². The fourth-order valence-electron chi connectivity index (χ4n) is 2.36. The summed E-state index contributed by atoms with van der Waals surface area (Å²) in [6.07, 6.45) is 2.25. The van der Waals surface area contributed by atoms with Crippen LogP contribution in [0.3, 0.4) is 0 Å². The number of pyridine rings is 1. The molecule has 27 heavy (non-hydrogen) atoms. The third kappa shape index (κ3) is 4.64. The molecule has 0 aliphatic rings. The van der Waals surface area contributed by atoms with Crippen LogP contribution in [0.25, 0.3) is 10.9 Å². The monoisotopic (exact) mass is 491 g/mol. The number of halogens is 2. The van der Waals surface area contributed by atoms with Crippen molar-refractivity contribution in [3.63, 3.8) is 0 Å². The number of carbonyl (C=O) groups is 1. The highest BCUT2D eigenvalue weighted by molar-refractivity contribution is 9.11. The zero-order valence-electron chi connectivity index (χ0n) is 14.2. The number of phenolic OH excluding ortho intramolecular Hbond substituents is 1. The highest BCUT2D eigenvalue weighted by Crippen LogP contribution is 2.30. The van der Waals surface area contributed by atoms with Crippen LogP contribution in [0.15, 0.2) is 62.7 Å². The molecule has 8 heteroatoms. The summed E-state index contributed by atoms with van der Waals surface area (Å²) in [7, 11) is 0. The zero-order chi connectivity index (χ0) is 19.4. The Morgan fingerprint density at radius 1 is 1.30 bits per heavy atom. The lowest BCUT2D eigenvalue weighted by Crippen LogP contribution is -2.33. The average Bonchev–Trinajstić information content (AvgIpc) is 2.65. The number of ether oxygens (including phenoxy) is 1. The number of fused-ring (bicyclic) bond motifs is 1. The van der Waals surface area contributed by atoms with E-state index in [1.165, 1.54) is 6.21 Å². The van der Waals surface area contributed by atoms with Crippen molar-refractivity contribution >= 4 is 54.9 Å². The van der Waals surface area contributed by atoms with Gasteiger partial charge in [0, 0.05) is 21.6 Å². The summed E-state index contributed by atoms with van der Waals surface area (Å²) in [6, 6.07) is 12.7. The van der Waals surface area contributed by atoms with Gasteiger partial charge in [-0.15, -0.1) is 0 Å². The van der Waals surface area contributed by atoms with E-state index in [0.29, 0.717) is 21.3 Å². The van der Waals surface area contributed by atoms with Crippen molar-refractivity contribution in [2.75, 3.05) is 0 Å². The topological polar surface area (TPSA) is 83.8 Å². The van der Waals surface area contributed by atoms with Crippen molar-refractivity contribution in [1.82, 2.24) is 10.4 Å². The van der Waals surface area contributed by atoms with Gasteiger partial charge in [0.1, 0.15) is 17.0 Å². The Morgan fingerprint density at radius 3 is 2.89 bits per heavy atom. The number of nitrogens with zero attached hydrogens (tertiary/aromatic N) is 2. The minimum Gasteiger partial charge on any atom is -0.506 e. The quantitative estimate of drug-likeness (QED) is 0.409. The van der Waals surface area contributed by atoms with Gasteiger partial charge < -0.3 is 9.84 Å². The number of hydrogen-bond donors (Lipinski definition) is 2. The molecule has 1 aromatic heterocycles. The molecule has 0 bridgehead atoms. The maximum Gasteiger partial charge on any atom is 0.280 e. The molecule has 1 heterocycles. The van der Waals surface area contributed by atoms with Gasteiger partial charge in [-0.25, -0.2) is 5.43 Å². The molecular weight excluding hydrogens is 478 g/mol. The Kier molecular flexibility index (Phi) is 6.08. The molecule has 1 amide bonds. The Balaban J connectivity index is 1.68. The number of carbonyl (C=O) groups excluding carboxylic acids is 1. The van der Waals surface area contributed by atoms with Crippen molar-refractivity contribution < 1.29 is 14.6 Å². The normalized spacial score (nSPS) is 12.3. The van der Waals surface area contributed by atoms with E-state index in [-0.39, 0.29) is 5.75 Å². The number of nitrogens with one attached hydrogen (secondary N) is 1. The summed E-state index contributed by atoms with van der Waals surface area (Å²) in [5.41, 5.74) is 3.54. The smallest absolute Gasteiger partial charge is 0.280 e. The fraction of sp³-hybridized carbons (Fsp3) is 0.105. The van der Waals surface area contributed by atoms with Gasteiger partial charge in [0.05, 0.1) is 10.7 Å². The largest absolute Gasteiger partial charge is 0.506 e. The molecule has 2 N–H and O–H groups in total. The second-order valence-corrected chi connectivity index (χ2v) is 7.42. The number of phenols is 1. The first kappa shape index (κ1) is 19.3. The summed E-state index contributed by atoms with van der Waals surface area (Å²) in [4.78, 5) is 16.5. The molecule has 138 valence electrons. The molecule has 0 aliphatic carbocycles. The van der Waals surface area contributed by atoms with E-state index >= 15 is 0 Å². The SMILES string of the molecule is C[C@H](Oc1cccc2cccnc12)C(=O)N/N=C\c1cc(Br)cc(Br)c1O. The van der Waals surface area contributed by atoms with Crippen LogP contribution in [0.4, 0.5) is 0 Å². The van der Waals surface area contributed by atoms with Crippen molar-refractivity contribution in [1.29, 1.82) is 0 Å². The summed E-state index contributed by atoms with van der Waals surface area (Å²) in [5, 5.41) is 14.8. The Labute approximate surface area is 172 Å². The number of benzene rings is 2. The van der Waals surface area contributed by atoms with Crippen LogP contribution in [0, 0.1) is 0 Å². The molecule has 1 atom stereocenters. The second kappa shape index (κ2) is 8.49. The van der Waals surface area contributed by atoms with Crippen LogP contribution < -0.4 is 10.2 Å². The molecular formula is C19H15Br2N3O3. The molecule has 0 radical (unpaired) electrons. The standard InChI is InChI=1S/C19H15Br2N3O3/c1-11(27-16-6-2-4-12-5-3-7-22-17(12)16)19(26)24-23-10-13-8-14(20)9-15(21)18(13)25/h2-11,25H,1H3,(H,24,26)/b23-10-/t11-/m0/s1. The van der Waals surface area contributed by atoms with Crippen LogP contribution in [0.5, 0.6) is 11.5 Å². The molecule has 6 nitrogen and oxygen atoms in total. The number of aromatic nitrogens is 1. The lowest BCUT2D eigenvalue weighted by molar-refractivity contribution is -0.127. The summed E-state index contributed by atoms with van der Waals surface area (Å²) in [6.45, 7) is 1.62. The van der Waals surface area contributed by atoms with Crippen molar-refractivity contribution in [3.05, 3.63) is 63.2 Å². The molecule has 0 saturated carbocycles. The van der Waals surface area contributed by atoms with Gasteiger partial charge in [-0.2, -0.15) is 5.10 Å². The van der Waals surface area contributed by atoms with Crippen molar-refractivity contribution in [3.8, 4) is 11.5 Å². The lowest BCUT2D eigenvalue weighted by Gasteiger charge is -2.14. The van der Waals surface area contributed by atoms with E-state index in [1.807, 2.05) is 24.3 Å².